The Balaban J connectivity index is 2.59. The van der Waals surface area contributed by atoms with Gasteiger partial charge in [0.15, 0.2) is 0 Å². The summed E-state index contributed by atoms with van der Waals surface area (Å²) in [5, 5.41) is 13.5. The summed E-state index contributed by atoms with van der Waals surface area (Å²) in [7, 11) is -0.834. The van der Waals surface area contributed by atoms with Crippen molar-refractivity contribution in [1.82, 2.24) is 4.98 Å². The van der Waals surface area contributed by atoms with Crippen molar-refractivity contribution in [2.24, 2.45) is 0 Å². The van der Waals surface area contributed by atoms with E-state index in [1.165, 1.54) is 12.1 Å². The summed E-state index contributed by atoms with van der Waals surface area (Å²) < 4.78 is 10.8. The van der Waals surface area contributed by atoms with Gasteiger partial charge in [0, 0.05) is 29.4 Å². The van der Waals surface area contributed by atoms with Crippen LogP contribution in [0.1, 0.15) is 6.42 Å². The maximum absolute atomic E-state index is 10.8. The van der Waals surface area contributed by atoms with Crippen LogP contribution < -0.4 is 5.32 Å². The molecule has 0 saturated carbocycles. The van der Waals surface area contributed by atoms with Gasteiger partial charge in [0.1, 0.15) is 11.0 Å². The molecule has 8 heteroatoms. The van der Waals surface area contributed by atoms with Crippen molar-refractivity contribution >= 4 is 33.9 Å². The molecule has 0 radical (unpaired) electrons. The van der Waals surface area contributed by atoms with Crippen LogP contribution in [0.5, 0.6) is 0 Å². The molecule has 94 valence electrons. The second kappa shape index (κ2) is 6.51. The highest BCUT2D eigenvalue weighted by Crippen LogP contribution is 2.20. The first kappa shape index (κ1) is 13.9. The summed E-state index contributed by atoms with van der Waals surface area (Å²) in [5.74, 6) is 0.932. The lowest BCUT2D eigenvalue weighted by atomic mass is 10.4. The van der Waals surface area contributed by atoms with E-state index in [-0.39, 0.29) is 10.8 Å². The van der Waals surface area contributed by atoms with Crippen molar-refractivity contribution in [2.45, 2.75) is 6.42 Å². The molecular formula is C9H12ClN3O3S. The molecule has 1 unspecified atom stereocenters. The number of anilines is 1. The normalized spacial score (nSPS) is 12.1. The maximum Gasteiger partial charge on any atom is 0.276 e. The van der Waals surface area contributed by atoms with Gasteiger partial charge in [-0.1, -0.05) is 11.6 Å². The summed E-state index contributed by atoms with van der Waals surface area (Å²) in [6.07, 6.45) is 2.33. The molecule has 0 bridgehead atoms. The molecule has 0 spiro atoms. The number of rotatable bonds is 6. The molecule has 1 atom stereocenters. The third kappa shape index (κ3) is 5.10. The largest absolute Gasteiger partial charge is 0.370 e. The van der Waals surface area contributed by atoms with E-state index in [0.29, 0.717) is 24.5 Å². The van der Waals surface area contributed by atoms with E-state index in [1.54, 1.807) is 6.26 Å². The molecule has 0 amide bonds. The molecule has 1 N–H and O–H groups in total. The average molecular weight is 278 g/mol. The number of nitrogens with zero attached hydrogens (tertiary/aromatic N) is 2. The van der Waals surface area contributed by atoms with Crippen LogP contribution in [0, 0.1) is 10.1 Å². The zero-order valence-electron chi connectivity index (χ0n) is 9.18. The van der Waals surface area contributed by atoms with Gasteiger partial charge in [-0.25, -0.2) is 4.98 Å². The van der Waals surface area contributed by atoms with Crippen LogP contribution >= 0.6 is 11.6 Å². The zero-order chi connectivity index (χ0) is 12.8. The van der Waals surface area contributed by atoms with Gasteiger partial charge < -0.3 is 5.32 Å². The van der Waals surface area contributed by atoms with Gasteiger partial charge in [-0.05, 0) is 6.42 Å². The van der Waals surface area contributed by atoms with E-state index >= 15 is 0 Å². The summed E-state index contributed by atoms with van der Waals surface area (Å²) >= 11 is 5.65. The summed E-state index contributed by atoms with van der Waals surface area (Å²) in [6, 6.07) is 2.50. The van der Waals surface area contributed by atoms with E-state index in [1.807, 2.05) is 0 Å². The number of halogens is 1. The monoisotopic (exact) mass is 277 g/mol. The molecule has 0 aromatic carbocycles. The topological polar surface area (TPSA) is 85.1 Å². The minimum absolute atomic E-state index is 0.0702. The molecule has 1 heterocycles. The lowest BCUT2D eigenvalue weighted by Gasteiger charge is -2.04. The van der Waals surface area contributed by atoms with Crippen molar-refractivity contribution in [3.8, 4) is 0 Å². The molecular weight excluding hydrogens is 266 g/mol. The lowest BCUT2D eigenvalue weighted by molar-refractivity contribution is -0.384. The van der Waals surface area contributed by atoms with Crippen molar-refractivity contribution in [3.05, 3.63) is 27.4 Å². The molecule has 0 fully saturated rings. The first-order valence-electron chi connectivity index (χ1n) is 4.85. The number of hydrogen-bond acceptors (Lipinski definition) is 5. The first-order valence-corrected chi connectivity index (χ1v) is 6.95. The molecule has 6 nitrogen and oxygen atoms in total. The Morgan fingerprint density at radius 1 is 1.59 bits per heavy atom. The van der Waals surface area contributed by atoms with Crippen LogP contribution in [0.2, 0.25) is 5.15 Å². The summed E-state index contributed by atoms with van der Waals surface area (Å²) in [6.45, 7) is 0.546. The van der Waals surface area contributed by atoms with Gasteiger partial charge in [-0.3, -0.25) is 14.3 Å². The Labute approximate surface area is 106 Å². The molecule has 0 aliphatic rings. The fourth-order valence-electron chi connectivity index (χ4n) is 1.17. The van der Waals surface area contributed by atoms with E-state index in [2.05, 4.69) is 10.3 Å². The first-order chi connectivity index (χ1) is 7.99. The minimum Gasteiger partial charge on any atom is -0.370 e. The lowest BCUT2D eigenvalue weighted by Crippen LogP contribution is -2.07. The highest BCUT2D eigenvalue weighted by molar-refractivity contribution is 7.84. The van der Waals surface area contributed by atoms with Gasteiger partial charge in [0.2, 0.25) is 0 Å². The summed E-state index contributed by atoms with van der Waals surface area (Å²) in [5.41, 5.74) is -0.105. The fourth-order valence-corrected chi connectivity index (χ4v) is 1.92. The van der Waals surface area contributed by atoms with Crippen LogP contribution in [-0.4, -0.2) is 32.7 Å². The van der Waals surface area contributed by atoms with E-state index in [9.17, 15) is 14.3 Å². The molecule has 0 aliphatic carbocycles. The smallest absolute Gasteiger partial charge is 0.276 e. The van der Waals surface area contributed by atoms with Crippen molar-refractivity contribution in [2.75, 3.05) is 23.9 Å². The Morgan fingerprint density at radius 2 is 2.29 bits per heavy atom. The number of nitro groups is 1. The van der Waals surface area contributed by atoms with Gasteiger partial charge in [0.05, 0.1) is 17.1 Å². The van der Waals surface area contributed by atoms with Crippen LogP contribution in [0.4, 0.5) is 11.5 Å². The number of aromatic nitrogens is 1. The minimum atomic E-state index is -0.834. The molecule has 17 heavy (non-hydrogen) atoms. The van der Waals surface area contributed by atoms with Gasteiger partial charge >= 0.3 is 0 Å². The second-order valence-electron chi connectivity index (χ2n) is 3.35. The third-order valence-corrected chi connectivity index (χ3v) is 2.96. The maximum atomic E-state index is 10.8. The quantitative estimate of drug-likeness (QED) is 0.371. The Bertz CT molecular complexity index is 441. The van der Waals surface area contributed by atoms with Gasteiger partial charge in [0.25, 0.3) is 5.69 Å². The number of pyridine rings is 1. The van der Waals surface area contributed by atoms with Gasteiger partial charge in [-0.2, -0.15) is 0 Å². The second-order valence-corrected chi connectivity index (χ2v) is 5.29. The Morgan fingerprint density at radius 3 is 2.88 bits per heavy atom. The Kier molecular flexibility index (Phi) is 5.30. The van der Waals surface area contributed by atoms with Gasteiger partial charge in [-0.15, -0.1) is 0 Å². The van der Waals surface area contributed by atoms with Crippen molar-refractivity contribution in [1.29, 1.82) is 0 Å². The number of nitrogens with one attached hydrogen (secondary N) is 1. The number of hydrogen-bond donors (Lipinski definition) is 1. The standard InChI is InChI=1S/C9H12ClN3O3S/c1-17(16)4-2-3-11-9-6-7(13(14)15)5-8(10)12-9/h5-6H,2-4H2,1H3,(H,11,12). The van der Waals surface area contributed by atoms with E-state index in [0.717, 1.165) is 0 Å². The van der Waals surface area contributed by atoms with Crippen LogP contribution in [-0.2, 0) is 10.8 Å². The SMILES string of the molecule is CS(=O)CCCNc1cc([N+](=O)[O-])cc(Cl)n1. The fraction of sp³-hybridized carbons (Fsp3) is 0.444. The van der Waals surface area contributed by atoms with E-state index in [4.69, 9.17) is 11.6 Å². The molecule has 1 aromatic heterocycles. The van der Waals surface area contributed by atoms with E-state index < -0.39 is 15.7 Å². The zero-order valence-corrected chi connectivity index (χ0v) is 10.8. The molecule has 0 saturated heterocycles. The highest BCUT2D eigenvalue weighted by Gasteiger charge is 2.09. The predicted molar refractivity (Wildman–Crippen MR) is 67.9 cm³/mol. The molecule has 1 aromatic rings. The predicted octanol–water partition coefficient (Wildman–Crippen LogP) is 1.82. The van der Waals surface area contributed by atoms with Crippen LogP contribution in [0.3, 0.4) is 0 Å². The average Bonchev–Trinajstić information content (AvgIpc) is 2.23. The molecule has 0 aliphatic heterocycles. The third-order valence-electron chi connectivity index (χ3n) is 1.90. The van der Waals surface area contributed by atoms with Crippen LogP contribution in [0.15, 0.2) is 12.1 Å². The van der Waals surface area contributed by atoms with Crippen molar-refractivity contribution in [3.63, 3.8) is 0 Å². The Hall–Kier alpha value is -1.21. The highest BCUT2D eigenvalue weighted by atomic mass is 35.5. The summed E-state index contributed by atoms with van der Waals surface area (Å²) in [4.78, 5) is 14.0. The van der Waals surface area contributed by atoms with Crippen LogP contribution in [0.25, 0.3) is 0 Å². The van der Waals surface area contributed by atoms with Crippen molar-refractivity contribution < 1.29 is 9.13 Å². The molecule has 1 rings (SSSR count).